The van der Waals surface area contributed by atoms with E-state index in [4.69, 9.17) is 17.3 Å². The Morgan fingerprint density at radius 3 is 2.24 bits per heavy atom. The molecule has 0 aliphatic heterocycles. The molecule has 0 fully saturated rings. The number of nitrogens with two attached hydrogens (primary N) is 1. The van der Waals surface area contributed by atoms with Crippen molar-refractivity contribution >= 4 is 17.5 Å². The second-order valence-corrected chi connectivity index (χ2v) is 7.31. The van der Waals surface area contributed by atoms with E-state index in [2.05, 4.69) is 20.8 Å². The van der Waals surface area contributed by atoms with Gasteiger partial charge in [-0.25, -0.2) is 0 Å². The van der Waals surface area contributed by atoms with Crippen LogP contribution in [0, 0.1) is 11.3 Å². The Balaban J connectivity index is 2.82. The summed E-state index contributed by atoms with van der Waals surface area (Å²) in [6.07, 6.45) is 0.792. The van der Waals surface area contributed by atoms with Crippen molar-refractivity contribution in [2.75, 3.05) is 13.6 Å². The number of nitrogens with zero attached hydrogens (tertiary/aromatic N) is 1. The van der Waals surface area contributed by atoms with Crippen LogP contribution in [0.15, 0.2) is 24.3 Å². The van der Waals surface area contributed by atoms with E-state index in [9.17, 15) is 4.79 Å². The van der Waals surface area contributed by atoms with Gasteiger partial charge in [0.2, 0.25) is 5.91 Å². The monoisotopic (exact) mass is 310 g/mol. The molecule has 0 aromatic heterocycles. The van der Waals surface area contributed by atoms with Crippen LogP contribution in [0.25, 0.3) is 0 Å². The van der Waals surface area contributed by atoms with Gasteiger partial charge in [0.15, 0.2) is 0 Å². The zero-order chi connectivity index (χ0) is 16.2. The van der Waals surface area contributed by atoms with Gasteiger partial charge >= 0.3 is 0 Å². The van der Waals surface area contributed by atoms with Gasteiger partial charge in [0, 0.05) is 18.6 Å². The third kappa shape index (κ3) is 5.33. The van der Waals surface area contributed by atoms with Crippen molar-refractivity contribution in [1.29, 1.82) is 0 Å². The lowest BCUT2D eigenvalue weighted by Crippen LogP contribution is -2.39. The van der Waals surface area contributed by atoms with Crippen LogP contribution in [0.4, 0.5) is 0 Å². The molecule has 0 heterocycles. The van der Waals surface area contributed by atoms with Crippen LogP contribution >= 0.6 is 11.6 Å². The zero-order valence-electron chi connectivity index (χ0n) is 13.7. The normalized spacial score (nSPS) is 14.6. The minimum atomic E-state index is -0.134. The largest absolute Gasteiger partial charge is 0.339 e. The van der Waals surface area contributed by atoms with Gasteiger partial charge < -0.3 is 10.6 Å². The number of halogens is 1. The molecule has 2 N–H and O–H groups in total. The molecule has 0 radical (unpaired) electrons. The Bertz CT molecular complexity index is 465. The third-order valence-electron chi connectivity index (χ3n) is 3.77. The van der Waals surface area contributed by atoms with Crippen LogP contribution in [0.3, 0.4) is 0 Å². The first-order chi connectivity index (χ1) is 9.65. The average molecular weight is 311 g/mol. The Morgan fingerprint density at radius 1 is 1.29 bits per heavy atom. The van der Waals surface area contributed by atoms with Crippen molar-refractivity contribution < 1.29 is 4.79 Å². The molecule has 2 atom stereocenters. The van der Waals surface area contributed by atoms with Gasteiger partial charge in [0.05, 0.1) is 12.0 Å². The van der Waals surface area contributed by atoms with Crippen molar-refractivity contribution in [3.8, 4) is 0 Å². The molecular formula is C17H27ClN2O. The van der Waals surface area contributed by atoms with Gasteiger partial charge in [-0.3, -0.25) is 4.79 Å². The second kappa shape index (κ2) is 7.28. The summed E-state index contributed by atoms with van der Waals surface area (Å²) in [5.41, 5.74) is 6.97. The highest BCUT2D eigenvalue weighted by molar-refractivity contribution is 6.30. The predicted octanol–water partition coefficient (Wildman–Crippen LogP) is 3.87. The standard InChI is InChI=1S/C17H27ClN2O/c1-12(13-6-8-15(18)9-7-13)20(5)16(21)14(11-19)10-17(2,3)4/h6-9,12,14H,10-11,19H2,1-5H3. The quantitative estimate of drug-likeness (QED) is 0.897. The summed E-state index contributed by atoms with van der Waals surface area (Å²) in [6, 6.07) is 7.61. The van der Waals surface area contributed by atoms with Gasteiger partial charge in [-0.05, 0) is 36.5 Å². The minimum Gasteiger partial charge on any atom is -0.339 e. The molecule has 3 nitrogen and oxygen atoms in total. The maximum absolute atomic E-state index is 12.7. The number of benzene rings is 1. The summed E-state index contributed by atoms with van der Waals surface area (Å²) in [5.74, 6) is -0.0281. The Kier molecular flexibility index (Phi) is 6.24. The number of rotatable bonds is 5. The van der Waals surface area contributed by atoms with Gasteiger partial charge in [0.1, 0.15) is 0 Å². The second-order valence-electron chi connectivity index (χ2n) is 6.87. The summed E-state index contributed by atoms with van der Waals surface area (Å²) in [6.45, 7) is 8.79. The lowest BCUT2D eigenvalue weighted by Gasteiger charge is -2.31. The van der Waals surface area contributed by atoms with E-state index in [0.29, 0.717) is 11.6 Å². The zero-order valence-corrected chi connectivity index (χ0v) is 14.4. The number of amides is 1. The lowest BCUT2D eigenvalue weighted by molar-refractivity contribution is -0.136. The highest BCUT2D eigenvalue weighted by atomic mass is 35.5. The number of carbonyl (C=O) groups is 1. The summed E-state index contributed by atoms with van der Waals surface area (Å²) < 4.78 is 0. The van der Waals surface area contributed by atoms with Crippen LogP contribution in [0.2, 0.25) is 5.02 Å². The smallest absolute Gasteiger partial charge is 0.227 e. The minimum absolute atomic E-state index is 0.00350. The highest BCUT2D eigenvalue weighted by Crippen LogP contribution is 2.28. The molecule has 0 saturated carbocycles. The molecule has 1 amide bonds. The number of hydrogen-bond acceptors (Lipinski definition) is 2. The molecule has 0 aliphatic rings. The molecule has 118 valence electrons. The maximum Gasteiger partial charge on any atom is 0.227 e. The molecule has 2 unspecified atom stereocenters. The van der Waals surface area contributed by atoms with E-state index < -0.39 is 0 Å². The van der Waals surface area contributed by atoms with E-state index in [-0.39, 0.29) is 23.3 Å². The third-order valence-corrected chi connectivity index (χ3v) is 4.03. The number of carbonyl (C=O) groups excluding carboxylic acids is 1. The first-order valence-electron chi connectivity index (χ1n) is 7.38. The average Bonchev–Trinajstić information content (AvgIpc) is 2.42. The van der Waals surface area contributed by atoms with Gasteiger partial charge in [-0.15, -0.1) is 0 Å². The molecule has 1 rings (SSSR count). The first kappa shape index (κ1) is 18.0. The Labute approximate surface area is 133 Å². The van der Waals surface area contributed by atoms with Crippen molar-refractivity contribution in [3.63, 3.8) is 0 Å². The van der Waals surface area contributed by atoms with Crippen LogP contribution < -0.4 is 5.73 Å². The predicted molar refractivity (Wildman–Crippen MR) is 89.3 cm³/mol. The fraction of sp³-hybridized carbons (Fsp3) is 0.588. The van der Waals surface area contributed by atoms with Crippen molar-refractivity contribution in [2.45, 2.75) is 40.2 Å². The maximum atomic E-state index is 12.7. The topological polar surface area (TPSA) is 46.3 Å². The lowest BCUT2D eigenvalue weighted by atomic mass is 9.84. The molecular weight excluding hydrogens is 284 g/mol. The SMILES string of the molecule is CC(c1ccc(Cl)cc1)N(C)C(=O)C(CN)CC(C)(C)C. The fourth-order valence-corrected chi connectivity index (χ4v) is 2.58. The van der Waals surface area contributed by atoms with Gasteiger partial charge in [0.25, 0.3) is 0 Å². The number of hydrogen-bond donors (Lipinski definition) is 1. The molecule has 1 aromatic rings. The van der Waals surface area contributed by atoms with E-state index in [1.807, 2.05) is 38.2 Å². The highest BCUT2D eigenvalue weighted by Gasteiger charge is 2.28. The summed E-state index contributed by atoms with van der Waals surface area (Å²) in [5, 5.41) is 0.701. The Morgan fingerprint density at radius 2 is 1.81 bits per heavy atom. The molecule has 21 heavy (non-hydrogen) atoms. The van der Waals surface area contributed by atoms with E-state index in [0.717, 1.165) is 12.0 Å². The van der Waals surface area contributed by atoms with E-state index in [1.54, 1.807) is 4.90 Å². The van der Waals surface area contributed by atoms with Crippen LogP contribution in [-0.4, -0.2) is 24.4 Å². The van der Waals surface area contributed by atoms with Crippen molar-refractivity contribution in [3.05, 3.63) is 34.9 Å². The van der Waals surface area contributed by atoms with Crippen molar-refractivity contribution in [1.82, 2.24) is 4.90 Å². The summed E-state index contributed by atoms with van der Waals surface area (Å²) in [7, 11) is 1.84. The molecule has 0 bridgehead atoms. The van der Waals surface area contributed by atoms with Crippen molar-refractivity contribution in [2.24, 2.45) is 17.1 Å². The molecule has 1 aromatic carbocycles. The molecule has 0 aliphatic carbocycles. The first-order valence-corrected chi connectivity index (χ1v) is 7.75. The van der Waals surface area contributed by atoms with Crippen LogP contribution in [-0.2, 0) is 4.79 Å². The van der Waals surface area contributed by atoms with Crippen LogP contribution in [0.1, 0.15) is 45.7 Å². The summed E-state index contributed by atoms with van der Waals surface area (Å²) in [4.78, 5) is 14.4. The fourth-order valence-electron chi connectivity index (χ4n) is 2.45. The Hall–Kier alpha value is -1.06. The molecule has 0 saturated heterocycles. The molecule has 4 heteroatoms. The van der Waals surface area contributed by atoms with Gasteiger partial charge in [-0.2, -0.15) is 0 Å². The van der Waals surface area contributed by atoms with E-state index in [1.165, 1.54) is 0 Å². The van der Waals surface area contributed by atoms with E-state index >= 15 is 0 Å². The van der Waals surface area contributed by atoms with Gasteiger partial charge in [-0.1, -0.05) is 44.5 Å². The molecule has 0 spiro atoms. The summed E-state index contributed by atoms with van der Waals surface area (Å²) >= 11 is 5.91. The van der Waals surface area contributed by atoms with Crippen LogP contribution in [0.5, 0.6) is 0 Å².